The average molecular weight is 158 g/mol. The van der Waals surface area contributed by atoms with Crippen molar-refractivity contribution in [3.8, 4) is 0 Å². The first kappa shape index (κ1) is 9.01. The molecule has 1 saturated heterocycles. The van der Waals surface area contributed by atoms with Crippen LogP contribution in [-0.2, 0) is 0 Å². The van der Waals surface area contributed by atoms with Crippen molar-refractivity contribution in [3.63, 3.8) is 0 Å². The second kappa shape index (κ2) is 4.07. The number of likely N-dealkylation sites (tertiary alicyclic amines) is 1. The van der Waals surface area contributed by atoms with Crippen molar-refractivity contribution in [1.82, 2.24) is 10.2 Å². The van der Waals surface area contributed by atoms with Crippen molar-refractivity contribution in [2.24, 2.45) is 0 Å². The summed E-state index contributed by atoms with van der Waals surface area (Å²) in [6.45, 7) is 10.3. The van der Waals surface area contributed by atoms with Crippen LogP contribution in [0.5, 0.6) is 0 Å². The van der Waals surface area contributed by atoms with E-state index < -0.39 is 0 Å². The van der Waals surface area contributed by atoms with Gasteiger partial charge >= 0.3 is 0 Å². The molecule has 11 heavy (non-hydrogen) atoms. The fraction of sp³-hybridized carbons (Fsp3) is 1.00. The van der Waals surface area contributed by atoms with Gasteiger partial charge in [0.05, 0.1) is 0 Å². The smallest absolute Gasteiger partial charge is 0.0207 e. The lowest BCUT2D eigenvalue weighted by Crippen LogP contribution is -2.34. The number of nitrogens with zero attached hydrogens (tertiary/aromatic N) is 1. The van der Waals surface area contributed by atoms with Crippen molar-refractivity contribution in [3.05, 3.63) is 0 Å². The van der Waals surface area contributed by atoms with Crippen LogP contribution in [0.15, 0.2) is 0 Å². The predicted octanol–water partition coefficient (Wildman–Crippen LogP) is 1.32. The standard InChI is InChI=1S/C9H20N2.H2/c1-4-10-9-5-6-11(7-9)8(2)3;/h8-10H,4-7H2,1-3H3;1H/t9-;/m1./s1. The summed E-state index contributed by atoms with van der Waals surface area (Å²) < 4.78 is 0. The molecule has 0 bridgehead atoms. The van der Waals surface area contributed by atoms with Crippen molar-refractivity contribution in [2.45, 2.75) is 39.3 Å². The van der Waals surface area contributed by atoms with Gasteiger partial charge in [0.1, 0.15) is 0 Å². The zero-order valence-electron chi connectivity index (χ0n) is 7.93. The zero-order valence-corrected chi connectivity index (χ0v) is 7.93. The van der Waals surface area contributed by atoms with Gasteiger partial charge < -0.3 is 5.32 Å². The van der Waals surface area contributed by atoms with Crippen LogP contribution in [-0.4, -0.2) is 36.6 Å². The van der Waals surface area contributed by atoms with Crippen LogP contribution in [0.25, 0.3) is 0 Å². The largest absolute Gasteiger partial charge is 0.313 e. The van der Waals surface area contributed by atoms with E-state index in [0.29, 0.717) is 0 Å². The van der Waals surface area contributed by atoms with Gasteiger partial charge in [-0.1, -0.05) is 6.92 Å². The molecule has 1 heterocycles. The van der Waals surface area contributed by atoms with E-state index in [9.17, 15) is 0 Å². The summed E-state index contributed by atoms with van der Waals surface area (Å²) in [5.74, 6) is 0. The van der Waals surface area contributed by atoms with E-state index in [1.807, 2.05) is 0 Å². The normalized spacial score (nSPS) is 26.7. The van der Waals surface area contributed by atoms with Gasteiger partial charge in [0.25, 0.3) is 0 Å². The lowest BCUT2D eigenvalue weighted by atomic mass is 10.3. The second-order valence-corrected chi connectivity index (χ2v) is 3.63. The molecular weight excluding hydrogens is 136 g/mol. The first-order valence-corrected chi connectivity index (χ1v) is 4.71. The Morgan fingerprint density at radius 1 is 1.64 bits per heavy atom. The van der Waals surface area contributed by atoms with E-state index in [4.69, 9.17) is 0 Å². The van der Waals surface area contributed by atoms with Gasteiger partial charge in [-0.15, -0.1) is 0 Å². The van der Waals surface area contributed by atoms with Gasteiger partial charge in [0.15, 0.2) is 0 Å². The monoisotopic (exact) mass is 158 g/mol. The second-order valence-electron chi connectivity index (χ2n) is 3.63. The lowest BCUT2D eigenvalue weighted by Gasteiger charge is -2.20. The van der Waals surface area contributed by atoms with E-state index >= 15 is 0 Å². The molecule has 0 unspecified atom stereocenters. The Morgan fingerprint density at radius 3 is 2.82 bits per heavy atom. The molecule has 0 spiro atoms. The molecule has 1 atom stereocenters. The molecule has 0 aliphatic carbocycles. The van der Waals surface area contributed by atoms with Crippen LogP contribution < -0.4 is 5.32 Å². The molecule has 0 aromatic heterocycles. The van der Waals surface area contributed by atoms with Gasteiger partial charge in [0.2, 0.25) is 0 Å². The van der Waals surface area contributed by atoms with Crippen molar-refractivity contribution in [2.75, 3.05) is 19.6 Å². The molecule has 1 fully saturated rings. The van der Waals surface area contributed by atoms with Crippen molar-refractivity contribution in [1.29, 1.82) is 0 Å². The van der Waals surface area contributed by atoms with Crippen LogP contribution in [0.1, 0.15) is 28.6 Å². The molecule has 1 aliphatic heterocycles. The van der Waals surface area contributed by atoms with Crippen LogP contribution in [0, 0.1) is 0 Å². The Morgan fingerprint density at radius 2 is 2.36 bits per heavy atom. The fourth-order valence-corrected chi connectivity index (χ4v) is 1.71. The maximum absolute atomic E-state index is 3.49. The molecule has 1 rings (SSSR count). The summed E-state index contributed by atoms with van der Waals surface area (Å²) in [6, 6.07) is 1.47. The first-order valence-electron chi connectivity index (χ1n) is 4.71. The highest BCUT2D eigenvalue weighted by Gasteiger charge is 2.22. The van der Waals surface area contributed by atoms with Crippen LogP contribution in [0.4, 0.5) is 0 Å². The lowest BCUT2D eigenvalue weighted by molar-refractivity contribution is 0.268. The van der Waals surface area contributed by atoms with E-state index in [0.717, 1.165) is 18.6 Å². The third kappa shape index (κ3) is 2.46. The first-order chi connectivity index (χ1) is 5.24. The molecule has 0 aromatic rings. The minimum Gasteiger partial charge on any atom is -0.313 e. The third-order valence-electron chi connectivity index (χ3n) is 2.44. The summed E-state index contributed by atoms with van der Waals surface area (Å²) >= 11 is 0. The van der Waals surface area contributed by atoms with E-state index in [1.165, 1.54) is 19.5 Å². The molecule has 0 saturated carbocycles. The highest BCUT2D eigenvalue weighted by molar-refractivity contribution is 4.81. The Hall–Kier alpha value is -0.0800. The zero-order chi connectivity index (χ0) is 8.27. The maximum Gasteiger partial charge on any atom is 0.0207 e. The van der Waals surface area contributed by atoms with Gasteiger partial charge in [-0.3, -0.25) is 4.90 Å². The van der Waals surface area contributed by atoms with Crippen molar-refractivity contribution >= 4 is 0 Å². The van der Waals surface area contributed by atoms with Crippen LogP contribution in [0.3, 0.4) is 0 Å². The average Bonchev–Trinajstić information content (AvgIpc) is 2.37. The number of likely N-dealkylation sites (N-methyl/N-ethyl adjacent to an activating group) is 1. The highest BCUT2D eigenvalue weighted by atomic mass is 15.2. The Labute approximate surface area is 71.4 Å². The molecule has 1 N–H and O–H groups in total. The fourth-order valence-electron chi connectivity index (χ4n) is 1.71. The van der Waals surface area contributed by atoms with Crippen LogP contribution >= 0.6 is 0 Å². The molecule has 0 amide bonds. The third-order valence-corrected chi connectivity index (χ3v) is 2.44. The molecular formula is C9H22N2. The van der Waals surface area contributed by atoms with E-state index in [1.54, 1.807) is 0 Å². The van der Waals surface area contributed by atoms with Crippen molar-refractivity contribution < 1.29 is 1.43 Å². The molecule has 0 aromatic carbocycles. The molecule has 2 nitrogen and oxygen atoms in total. The van der Waals surface area contributed by atoms with E-state index in [2.05, 4.69) is 31.0 Å². The molecule has 2 heteroatoms. The van der Waals surface area contributed by atoms with Crippen LogP contribution in [0.2, 0.25) is 0 Å². The summed E-state index contributed by atoms with van der Waals surface area (Å²) in [5, 5.41) is 3.49. The van der Waals surface area contributed by atoms with Gasteiger partial charge in [-0.2, -0.15) is 0 Å². The number of rotatable bonds is 3. The summed E-state index contributed by atoms with van der Waals surface area (Å²) in [4.78, 5) is 2.54. The SMILES string of the molecule is CCN[C@@H]1CCN(C(C)C)C1.[HH]. The van der Waals surface area contributed by atoms with Gasteiger partial charge in [-0.05, 0) is 33.4 Å². The quantitative estimate of drug-likeness (QED) is 0.666. The topological polar surface area (TPSA) is 15.3 Å². The van der Waals surface area contributed by atoms with E-state index in [-0.39, 0.29) is 1.43 Å². The Kier molecular flexibility index (Phi) is 3.34. The van der Waals surface area contributed by atoms with Gasteiger partial charge in [-0.25, -0.2) is 0 Å². The van der Waals surface area contributed by atoms with Gasteiger partial charge in [0, 0.05) is 20.1 Å². The molecule has 1 aliphatic rings. The Bertz CT molecular complexity index is 117. The summed E-state index contributed by atoms with van der Waals surface area (Å²) in [7, 11) is 0. The minimum atomic E-state index is 0. The highest BCUT2D eigenvalue weighted by Crippen LogP contribution is 2.11. The maximum atomic E-state index is 3.49. The summed E-state index contributed by atoms with van der Waals surface area (Å²) in [6.07, 6.45) is 1.33. The Balaban J connectivity index is 0.00000121. The number of hydrogen-bond acceptors (Lipinski definition) is 2. The number of nitrogens with one attached hydrogen (secondary N) is 1. The minimum absolute atomic E-state index is 0. The molecule has 68 valence electrons. The molecule has 0 radical (unpaired) electrons. The predicted molar refractivity (Wildman–Crippen MR) is 50.9 cm³/mol. The summed E-state index contributed by atoms with van der Waals surface area (Å²) in [5.41, 5.74) is 0. The number of hydrogen-bond donors (Lipinski definition) is 1.